The van der Waals surface area contributed by atoms with Gasteiger partial charge in [-0.2, -0.15) is 5.10 Å². The molecule has 2 N–H and O–H groups in total. The van der Waals surface area contributed by atoms with Crippen molar-refractivity contribution in [3.05, 3.63) is 52.3 Å². The average Bonchev–Trinajstić information content (AvgIpc) is 2.93. The lowest BCUT2D eigenvalue weighted by atomic mass is 9.89. The van der Waals surface area contributed by atoms with E-state index in [1.807, 2.05) is 13.8 Å². The van der Waals surface area contributed by atoms with Crippen LogP contribution in [-0.4, -0.2) is 16.1 Å². The van der Waals surface area contributed by atoms with Crippen LogP contribution in [0.3, 0.4) is 0 Å². The number of hydrogen-bond donors (Lipinski definition) is 2. The van der Waals surface area contributed by atoms with Crippen LogP contribution in [-0.2, 0) is 12.8 Å². The van der Waals surface area contributed by atoms with Crippen molar-refractivity contribution >= 4 is 5.91 Å². The molecule has 1 amide bonds. The van der Waals surface area contributed by atoms with Crippen LogP contribution in [0.4, 0.5) is 0 Å². The van der Waals surface area contributed by atoms with Gasteiger partial charge in [0, 0.05) is 5.69 Å². The van der Waals surface area contributed by atoms with Gasteiger partial charge in [-0.15, -0.1) is 0 Å². The summed E-state index contributed by atoms with van der Waals surface area (Å²) in [7, 11) is 0. The zero-order valence-corrected chi connectivity index (χ0v) is 12.6. The molecular weight excluding hydrogens is 262 g/mol. The molecular formula is C17H21N3O. The van der Waals surface area contributed by atoms with E-state index in [2.05, 4.69) is 33.7 Å². The van der Waals surface area contributed by atoms with Crippen molar-refractivity contribution in [3.63, 3.8) is 0 Å². The van der Waals surface area contributed by atoms with E-state index in [9.17, 15) is 4.79 Å². The lowest BCUT2D eigenvalue weighted by molar-refractivity contribution is 0.0939. The Kier molecular flexibility index (Phi) is 3.78. The van der Waals surface area contributed by atoms with Gasteiger partial charge in [-0.1, -0.05) is 18.2 Å². The Labute approximate surface area is 125 Å². The van der Waals surface area contributed by atoms with Crippen LogP contribution in [0.2, 0.25) is 0 Å². The molecule has 2 aromatic rings. The number of nitrogens with one attached hydrogen (secondary N) is 2. The third kappa shape index (κ3) is 2.84. The average molecular weight is 283 g/mol. The second kappa shape index (κ2) is 5.72. The molecule has 0 spiro atoms. The predicted molar refractivity (Wildman–Crippen MR) is 82.3 cm³/mol. The number of nitrogens with zero attached hydrogens (tertiary/aromatic N) is 1. The third-order valence-electron chi connectivity index (χ3n) is 4.29. The van der Waals surface area contributed by atoms with Gasteiger partial charge in [0.15, 0.2) is 0 Å². The first-order valence-electron chi connectivity index (χ1n) is 7.57. The standard InChI is InChI=1S/C17H21N3O/c1-11(19-17(21)16-10-18-20-12(16)2)14-8-7-13-5-3-4-6-15(13)9-14/h7-11H,3-6H2,1-2H3,(H,18,20)(H,19,21). The van der Waals surface area contributed by atoms with Crippen molar-refractivity contribution in [1.82, 2.24) is 15.5 Å². The molecule has 0 saturated heterocycles. The number of rotatable bonds is 3. The van der Waals surface area contributed by atoms with Gasteiger partial charge in [0.2, 0.25) is 0 Å². The minimum absolute atomic E-state index is 0.000901. The molecule has 0 radical (unpaired) electrons. The Morgan fingerprint density at radius 1 is 1.29 bits per heavy atom. The van der Waals surface area contributed by atoms with Crippen LogP contribution >= 0.6 is 0 Å². The molecule has 1 unspecified atom stereocenters. The summed E-state index contributed by atoms with van der Waals surface area (Å²) in [6.07, 6.45) is 6.48. The third-order valence-corrected chi connectivity index (χ3v) is 4.29. The molecule has 1 aromatic carbocycles. The largest absolute Gasteiger partial charge is 0.345 e. The van der Waals surface area contributed by atoms with E-state index >= 15 is 0 Å². The normalized spacial score (nSPS) is 15.3. The summed E-state index contributed by atoms with van der Waals surface area (Å²) in [5.74, 6) is -0.0773. The van der Waals surface area contributed by atoms with Crippen molar-refractivity contribution in [2.45, 2.75) is 45.6 Å². The lowest BCUT2D eigenvalue weighted by Crippen LogP contribution is -2.27. The van der Waals surface area contributed by atoms with Crippen molar-refractivity contribution in [2.75, 3.05) is 0 Å². The van der Waals surface area contributed by atoms with E-state index in [1.54, 1.807) is 6.20 Å². The number of carbonyl (C=O) groups is 1. The van der Waals surface area contributed by atoms with Crippen molar-refractivity contribution in [2.24, 2.45) is 0 Å². The van der Waals surface area contributed by atoms with Crippen molar-refractivity contribution < 1.29 is 4.79 Å². The van der Waals surface area contributed by atoms with Crippen LogP contribution in [0.15, 0.2) is 24.4 Å². The predicted octanol–water partition coefficient (Wildman–Crippen LogP) is 3.09. The summed E-state index contributed by atoms with van der Waals surface area (Å²) < 4.78 is 0. The van der Waals surface area contributed by atoms with Gasteiger partial charge in [-0.3, -0.25) is 9.89 Å². The van der Waals surface area contributed by atoms with Gasteiger partial charge >= 0.3 is 0 Å². The summed E-state index contributed by atoms with van der Waals surface area (Å²) in [4.78, 5) is 12.2. The number of amides is 1. The Bertz CT molecular complexity index is 660. The lowest BCUT2D eigenvalue weighted by Gasteiger charge is -2.20. The smallest absolute Gasteiger partial charge is 0.255 e. The first-order valence-corrected chi connectivity index (χ1v) is 7.57. The molecule has 1 aliphatic carbocycles. The molecule has 110 valence electrons. The van der Waals surface area contributed by atoms with E-state index in [0.29, 0.717) is 5.56 Å². The SMILES string of the molecule is Cc1[nH]ncc1C(=O)NC(C)c1ccc2c(c1)CCCC2. The van der Waals surface area contributed by atoms with Crippen LogP contribution < -0.4 is 5.32 Å². The van der Waals surface area contributed by atoms with E-state index in [0.717, 1.165) is 12.1 Å². The second-order valence-corrected chi connectivity index (χ2v) is 5.84. The summed E-state index contributed by atoms with van der Waals surface area (Å²) >= 11 is 0. The molecule has 4 nitrogen and oxygen atoms in total. The summed E-state index contributed by atoms with van der Waals surface area (Å²) in [6.45, 7) is 3.88. The maximum atomic E-state index is 12.2. The minimum atomic E-state index is -0.0773. The Hall–Kier alpha value is -2.10. The fourth-order valence-electron chi connectivity index (χ4n) is 2.96. The maximum absolute atomic E-state index is 12.2. The number of H-pyrrole nitrogens is 1. The van der Waals surface area contributed by atoms with Gasteiger partial charge in [0.25, 0.3) is 5.91 Å². The molecule has 1 aromatic heterocycles. The molecule has 3 rings (SSSR count). The first kappa shape index (κ1) is 13.9. The van der Waals surface area contributed by atoms with Crippen LogP contribution in [0.25, 0.3) is 0 Å². The summed E-state index contributed by atoms with van der Waals surface area (Å²) in [6, 6.07) is 6.60. The number of aromatic nitrogens is 2. The number of aromatic amines is 1. The molecule has 21 heavy (non-hydrogen) atoms. The molecule has 4 heteroatoms. The number of benzene rings is 1. The summed E-state index contributed by atoms with van der Waals surface area (Å²) in [5.41, 5.74) is 5.49. The number of carbonyl (C=O) groups excluding carboxylic acids is 1. The molecule has 1 aliphatic rings. The van der Waals surface area contributed by atoms with Crippen LogP contribution in [0.1, 0.15) is 58.5 Å². The van der Waals surface area contributed by atoms with Gasteiger partial charge in [0.1, 0.15) is 0 Å². The first-order chi connectivity index (χ1) is 10.1. The zero-order chi connectivity index (χ0) is 14.8. The van der Waals surface area contributed by atoms with Gasteiger partial charge in [-0.25, -0.2) is 0 Å². The highest BCUT2D eigenvalue weighted by molar-refractivity contribution is 5.95. The highest BCUT2D eigenvalue weighted by atomic mass is 16.1. The maximum Gasteiger partial charge on any atom is 0.255 e. The molecule has 0 fully saturated rings. The van der Waals surface area contributed by atoms with E-state index in [4.69, 9.17) is 0 Å². The number of fused-ring (bicyclic) bond motifs is 1. The fourth-order valence-corrected chi connectivity index (χ4v) is 2.96. The fraction of sp³-hybridized carbons (Fsp3) is 0.412. The summed E-state index contributed by atoms with van der Waals surface area (Å²) in [5, 5.41) is 9.73. The Balaban J connectivity index is 1.75. The van der Waals surface area contributed by atoms with Gasteiger partial charge < -0.3 is 5.32 Å². The van der Waals surface area contributed by atoms with Crippen molar-refractivity contribution in [1.29, 1.82) is 0 Å². The molecule has 0 saturated carbocycles. The molecule has 1 atom stereocenters. The minimum Gasteiger partial charge on any atom is -0.345 e. The van der Waals surface area contributed by atoms with Gasteiger partial charge in [-0.05, 0) is 56.2 Å². The molecule has 0 bridgehead atoms. The topological polar surface area (TPSA) is 57.8 Å². The van der Waals surface area contributed by atoms with Crippen LogP contribution in [0.5, 0.6) is 0 Å². The molecule has 1 heterocycles. The van der Waals surface area contributed by atoms with E-state index < -0.39 is 0 Å². The highest BCUT2D eigenvalue weighted by Gasteiger charge is 2.16. The number of aryl methyl sites for hydroxylation is 3. The Morgan fingerprint density at radius 2 is 2.05 bits per heavy atom. The highest BCUT2D eigenvalue weighted by Crippen LogP contribution is 2.25. The van der Waals surface area contributed by atoms with E-state index in [-0.39, 0.29) is 11.9 Å². The molecule has 0 aliphatic heterocycles. The quantitative estimate of drug-likeness (QED) is 0.909. The zero-order valence-electron chi connectivity index (χ0n) is 12.6. The number of hydrogen-bond acceptors (Lipinski definition) is 2. The second-order valence-electron chi connectivity index (χ2n) is 5.84. The van der Waals surface area contributed by atoms with Gasteiger partial charge in [0.05, 0.1) is 17.8 Å². The van der Waals surface area contributed by atoms with Crippen molar-refractivity contribution in [3.8, 4) is 0 Å². The van der Waals surface area contributed by atoms with E-state index in [1.165, 1.54) is 36.0 Å². The van der Waals surface area contributed by atoms with Crippen LogP contribution in [0, 0.1) is 6.92 Å². The monoisotopic (exact) mass is 283 g/mol. The Morgan fingerprint density at radius 3 is 2.76 bits per heavy atom.